The molecular weight excluding hydrogens is 377 g/mol. The molecule has 0 radical (unpaired) electrons. The second-order valence-electron chi connectivity index (χ2n) is 7.59. The number of aryl methyl sites for hydroxylation is 1. The first-order chi connectivity index (χ1) is 13.5. The number of benzene rings is 1. The predicted molar refractivity (Wildman–Crippen MR) is 107 cm³/mol. The number of carbonyl (C=O) groups excluding carboxylic acids is 1. The molecule has 0 aliphatic carbocycles. The topological polar surface area (TPSA) is 47.4 Å². The van der Waals surface area contributed by atoms with E-state index in [1.165, 1.54) is 12.3 Å². The van der Waals surface area contributed by atoms with E-state index in [2.05, 4.69) is 4.98 Å². The lowest BCUT2D eigenvalue weighted by Crippen LogP contribution is -2.60. The van der Waals surface area contributed by atoms with Gasteiger partial charge in [-0.2, -0.15) is 0 Å². The zero-order valence-corrected chi connectivity index (χ0v) is 16.3. The minimum absolute atomic E-state index is 0.0163. The fourth-order valence-corrected chi connectivity index (χ4v) is 5.63. The molecule has 2 saturated heterocycles. The Hall–Kier alpha value is -2.54. The summed E-state index contributed by atoms with van der Waals surface area (Å²) in [6, 6.07) is 10.8. The van der Waals surface area contributed by atoms with Crippen LogP contribution in [0.3, 0.4) is 0 Å². The first kappa shape index (κ1) is 17.6. The van der Waals surface area contributed by atoms with Crippen molar-refractivity contribution < 1.29 is 13.9 Å². The zero-order valence-electron chi connectivity index (χ0n) is 15.5. The van der Waals surface area contributed by atoms with Gasteiger partial charge in [0.25, 0.3) is 11.8 Å². The van der Waals surface area contributed by atoms with Crippen molar-refractivity contribution in [1.82, 2.24) is 14.5 Å². The van der Waals surface area contributed by atoms with Crippen molar-refractivity contribution in [3.63, 3.8) is 0 Å². The SMILES string of the molecule is Cn1ccc2cc(C(=O)N3CC4(C[C@@H](Oc5ncccc5F)CS4)C3)ccc21. The van der Waals surface area contributed by atoms with Crippen LogP contribution >= 0.6 is 11.8 Å². The molecular formula is C21H20FN3O2S. The van der Waals surface area contributed by atoms with E-state index in [9.17, 15) is 9.18 Å². The third kappa shape index (κ3) is 2.94. The van der Waals surface area contributed by atoms with Crippen LogP contribution in [-0.4, -0.2) is 50.1 Å². The number of aromatic nitrogens is 2. The molecule has 3 aromatic rings. The predicted octanol–water partition coefficient (Wildman–Crippen LogP) is 3.49. The van der Waals surface area contributed by atoms with Gasteiger partial charge in [0.05, 0.1) is 4.75 Å². The Bertz CT molecular complexity index is 1060. The fraction of sp³-hybridized carbons (Fsp3) is 0.333. The van der Waals surface area contributed by atoms with Gasteiger partial charge >= 0.3 is 0 Å². The second kappa shape index (κ2) is 6.51. The number of likely N-dealkylation sites (tertiary alicyclic amines) is 1. The number of hydrogen-bond acceptors (Lipinski definition) is 4. The summed E-state index contributed by atoms with van der Waals surface area (Å²) in [6.07, 6.45) is 4.25. The summed E-state index contributed by atoms with van der Waals surface area (Å²) in [7, 11) is 2.00. The number of carbonyl (C=O) groups is 1. The van der Waals surface area contributed by atoms with Crippen molar-refractivity contribution in [2.45, 2.75) is 17.3 Å². The third-order valence-corrected chi connectivity index (χ3v) is 7.13. The van der Waals surface area contributed by atoms with Gasteiger partial charge in [0.15, 0.2) is 5.82 Å². The molecule has 1 aromatic carbocycles. The maximum Gasteiger partial charge on any atom is 0.253 e. The standard InChI is InChI=1S/C21H20FN3O2S/c1-24-8-6-14-9-15(4-5-18(14)24)20(26)25-12-21(13-25)10-16(11-28-21)27-19-17(22)3-2-7-23-19/h2-9,16H,10-13H2,1H3/t16-/m1/s1. The average molecular weight is 397 g/mol. The van der Waals surface area contributed by atoms with E-state index in [1.807, 2.05) is 58.7 Å². The number of pyridine rings is 1. The largest absolute Gasteiger partial charge is 0.471 e. The normalized spacial score (nSPS) is 20.5. The van der Waals surface area contributed by atoms with Crippen LogP contribution in [0.15, 0.2) is 48.8 Å². The lowest BCUT2D eigenvalue weighted by Gasteiger charge is -2.47. The molecule has 28 heavy (non-hydrogen) atoms. The van der Waals surface area contributed by atoms with Gasteiger partial charge in [-0.1, -0.05) is 0 Å². The molecule has 4 heterocycles. The molecule has 1 amide bonds. The number of halogens is 1. The Kier molecular flexibility index (Phi) is 4.08. The molecule has 1 spiro atoms. The van der Waals surface area contributed by atoms with Crippen LogP contribution in [0.2, 0.25) is 0 Å². The van der Waals surface area contributed by atoms with E-state index in [-0.39, 0.29) is 22.6 Å². The van der Waals surface area contributed by atoms with Crippen LogP contribution in [0.5, 0.6) is 5.88 Å². The van der Waals surface area contributed by atoms with Crippen LogP contribution in [0.25, 0.3) is 10.9 Å². The van der Waals surface area contributed by atoms with Crippen molar-refractivity contribution in [2.24, 2.45) is 7.05 Å². The van der Waals surface area contributed by atoms with Crippen LogP contribution in [-0.2, 0) is 7.05 Å². The first-order valence-corrected chi connectivity index (χ1v) is 10.3. The van der Waals surface area contributed by atoms with Crippen molar-refractivity contribution in [1.29, 1.82) is 0 Å². The van der Waals surface area contributed by atoms with Crippen molar-refractivity contribution in [3.8, 4) is 5.88 Å². The van der Waals surface area contributed by atoms with Crippen LogP contribution in [0, 0.1) is 5.82 Å². The highest BCUT2D eigenvalue weighted by molar-refractivity contribution is 8.01. The molecule has 1 atom stereocenters. The monoisotopic (exact) mass is 397 g/mol. The van der Waals surface area contributed by atoms with Crippen molar-refractivity contribution >= 4 is 28.6 Å². The molecule has 0 unspecified atom stereocenters. The van der Waals surface area contributed by atoms with E-state index in [4.69, 9.17) is 4.74 Å². The molecule has 0 N–H and O–H groups in total. The van der Waals surface area contributed by atoms with Crippen molar-refractivity contribution in [3.05, 3.63) is 60.2 Å². The highest BCUT2D eigenvalue weighted by atomic mass is 32.2. The van der Waals surface area contributed by atoms with E-state index < -0.39 is 5.82 Å². The lowest BCUT2D eigenvalue weighted by atomic mass is 9.92. The quantitative estimate of drug-likeness (QED) is 0.679. The summed E-state index contributed by atoms with van der Waals surface area (Å²) in [5.74, 6) is 0.481. The number of rotatable bonds is 3. The molecule has 2 aliphatic heterocycles. The van der Waals surface area contributed by atoms with Gasteiger partial charge in [-0.15, -0.1) is 11.8 Å². The molecule has 0 bridgehead atoms. The van der Waals surface area contributed by atoms with E-state index >= 15 is 0 Å². The Labute approximate surface area is 166 Å². The first-order valence-electron chi connectivity index (χ1n) is 9.29. The van der Waals surface area contributed by atoms with Gasteiger partial charge in [0.2, 0.25) is 0 Å². The molecule has 2 aromatic heterocycles. The summed E-state index contributed by atoms with van der Waals surface area (Å²) in [5, 5.41) is 1.07. The molecule has 2 fully saturated rings. The number of fused-ring (bicyclic) bond motifs is 1. The summed E-state index contributed by atoms with van der Waals surface area (Å²) in [4.78, 5) is 18.7. The number of hydrogen-bond donors (Lipinski definition) is 0. The maximum absolute atomic E-state index is 13.8. The molecule has 0 saturated carbocycles. The minimum Gasteiger partial charge on any atom is -0.471 e. The molecule has 5 rings (SSSR count). The Balaban J connectivity index is 1.23. The van der Waals surface area contributed by atoms with Crippen LogP contribution in [0.1, 0.15) is 16.8 Å². The summed E-state index contributed by atoms with van der Waals surface area (Å²) in [5.41, 5.74) is 1.84. The second-order valence-corrected chi connectivity index (χ2v) is 9.08. The van der Waals surface area contributed by atoms with Gasteiger partial charge < -0.3 is 14.2 Å². The highest BCUT2D eigenvalue weighted by Crippen LogP contribution is 2.46. The lowest BCUT2D eigenvalue weighted by molar-refractivity contribution is 0.0514. The zero-order chi connectivity index (χ0) is 19.3. The summed E-state index contributed by atoms with van der Waals surface area (Å²) >= 11 is 1.81. The highest BCUT2D eigenvalue weighted by Gasteiger charge is 2.51. The Morgan fingerprint density at radius 1 is 1.32 bits per heavy atom. The summed E-state index contributed by atoms with van der Waals surface area (Å²) in [6.45, 7) is 1.40. The minimum atomic E-state index is -0.435. The van der Waals surface area contributed by atoms with Crippen LogP contribution in [0.4, 0.5) is 4.39 Å². The van der Waals surface area contributed by atoms with E-state index in [0.717, 1.165) is 28.6 Å². The van der Waals surface area contributed by atoms with Gasteiger partial charge in [-0.05, 0) is 36.4 Å². The Morgan fingerprint density at radius 3 is 3.00 bits per heavy atom. The number of ether oxygens (including phenoxy) is 1. The smallest absolute Gasteiger partial charge is 0.253 e. The Morgan fingerprint density at radius 2 is 2.18 bits per heavy atom. The molecule has 7 heteroatoms. The van der Waals surface area contributed by atoms with Gasteiger partial charge in [0, 0.05) is 61.2 Å². The summed E-state index contributed by atoms with van der Waals surface area (Å²) < 4.78 is 21.6. The average Bonchev–Trinajstić information content (AvgIpc) is 3.26. The van der Waals surface area contributed by atoms with Gasteiger partial charge in [-0.25, -0.2) is 9.37 Å². The number of amides is 1. The van der Waals surface area contributed by atoms with Crippen LogP contribution < -0.4 is 4.74 Å². The van der Waals surface area contributed by atoms with E-state index in [0.29, 0.717) is 13.1 Å². The molecule has 5 nitrogen and oxygen atoms in total. The third-order valence-electron chi connectivity index (χ3n) is 5.56. The fourth-order valence-electron chi connectivity index (χ4n) is 4.10. The molecule has 144 valence electrons. The van der Waals surface area contributed by atoms with Gasteiger partial charge in [0.1, 0.15) is 6.10 Å². The van der Waals surface area contributed by atoms with Crippen molar-refractivity contribution in [2.75, 3.05) is 18.8 Å². The maximum atomic E-state index is 13.8. The molecule has 2 aliphatic rings. The number of thioether (sulfide) groups is 1. The van der Waals surface area contributed by atoms with E-state index in [1.54, 1.807) is 6.07 Å². The van der Waals surface area contributed by atoms with Gasteiger partial charge in [-0.3, -0.25) is 4.79 Å². The number of nitrogens with zero attached hydrogens (tertiary/aromatic N) is 3.